The summed E-state index contributed by atoms with van der Waals surface area (Å²) in [5.74, 6) is 0. The molecule has 1 unspecified atom stereocenters. The second kappa shape index (κ2) is 2.36. The first-order chi connectivity index (χ1) is 4.52. The topological polar surface area (TPSA) is 29.3 Å². The minimum Gasteiger partial charge on any atom is -0.312 e. The lowest BCUT2D eigenvalue weighted by Crippen LogP contribution is -2.48. The van der Waals surface area contributed by atoms with Crippen LogP contribution >= 0.6 is 0 Å². The van der Waals surface area contributed by atoms with Gasteiger partial charge in [0.1, 0.15) is 0 Å². The highest BCUT2D eigenvalue weighted by molar-refractivity contribution is 5.04. The van der Waals surface area contributed by atoms with Crippen LogP contribution in [-0.4, -0.2) is 23.1 Å². The predicted molar refractivity (Wildman–Crippen MR) is 43.6 cm³/mol. The molecule has 10 heavy (non-hydrogen) atoms. The fraction of sp³-hybridized carbons (Fsp3) is 0.750. The third-order valence-corrected chi connectivity index (χ3v) is 1.86. The monoisotopic (exact) mass is 140 g/mol. The molecule has 1 rings (SSSR count). The molecule has 1 atom stereocenters. The third kappa shape index (κ3) is 1.39. The summed E-state index contributed by atoms with van der Waals surface area (Å²) >= 11 is 0. The van der Waals surface area contributed by atoms with Gasteiger partial charge in [0.15, 0.2) is 0 Å². The molecule has 1 heterocycles. The zero-order chi connectivity index (χ0) is 7.78. The van der Waals surface area contributed by atoms with E-state index in [2.05, 4.69) is 31.7 Å². The Morgan fingerprint density at radius 3 is 2.30 bits per heavy atom. The molecule has 0 saturated heterocycles. The first-order valence-corrected chi connectivity index (χ1v) is 3.71. The molecule has 0 aromatic rings. The predicted octanol–water partition coefficient (Wildman–Crippen LogP) is 0.942. The van der Waals surface area contributed by atoms with Crippen molar-refractivity contribution in [3.05, 3.63) is 12.2 Å². The number of nitrogens with two attached hydrogens (primary N) is 1. The molecule has 2 nitrogen and oxygen atoms in total. The molecule has 0 saturated carbocycles. The Labute approximate surface area is 62.7 Å². The summed E-state index contributed by atoms with van der Waals surface area (Å²) in [6.45, 7) is 7.53. The second-order valence-electron chi connectivity index (χ2n) is 3.74. The van der Waals surface area contributed by atoms with Crippen molar-refractivity contribution in [1.82, 2.24) is 4.90 Å². The number of nitrogens with zero attached hydrogens (tertiary/aromatic N) is 1. The Hall–Kier alpha value is -0.340. The van der Waals surface area contributed by atoms with Crippen LogP contribution in [0.5, 0.6) is 0 Å². The molecule has 2 N–H and O–H groups in total. The highest BCUT2D eigenvalue weighted by Crippen LogP contribution is 2.18. The molecule has 1 aliphatic heterocycles. The van der Waals surface area contributed by atoms with E-state index in [1.54, 1.807) is 0 Å². The summed E-state index contributed by atoms with van der Waals surface area (Å²) in [7, 11) is 0. The van der Waals surface area contributed by atoms with Gasteiger partial charge in [-0.25, -0.2) is 0 Å². The first kappa shape index (κ1) is 7.76. The largest absolute Gasteiger partial charge is 0.312 e. The van der Waals surface area contributed by atoms with Crippen molar-refractivity contribution in [3.8, 4) is 0 Å². The van der Waals surface area contributed by atoms with Gasteiger partial charge < -0.3 is 5.73 Å². The molecule has 0 aliphatic carbocycles. The van der Waals surface area contributed by atoms with Gasteiger partial charge in [-0.1, -0.05) is 12.2 Å². The van der Waals surface area contributed by atoms with E-state index in [4.69, 9.17) is 5.73 Å². The average Bonchev–Trinajstić information content (AvgIpc) is 2.11. The zero-order valence-electron chi connectivity index (χ0n) is 6.96. The molecule has 58 valence electrons. The molecule has 0 fully saturated rings. The van der Waals surface area contributed by atoms with E-state index in [9.17, 15) is 0 Å². The Morgan fingerprint density at radius 1 is 1.50 bits per heavy atom. The van der Waals surface area contributed by atoms with E-state index < -0.39 is 0 Å². The summed E-state index contributed by atoms with van der Waals surface area (Å²) in [5, 5.41) is 0. The Balaban J connectivity index is 2.60. The Morgan fingerprint density at radius 2 is 2.10 bits per heavy atom. The minimum absolute atomic E-state index is 0.125. The lowest BCUT2D eigenvalue weighted by Gasteiger charge is -2.34. The van der Waals surface area contributed by atoms with E-state index in [0.717, 1.165) is 6.54 Å². The maximum Gasteiger partial charge on any atom is 0.0771 e. The summed E-state index contributed by atoms with van der Waals surface area (Å²) in [4.78, 5) is 2.26. The molecule has 2 heteroatoms. The van der Waals surface area contributed by atoms with Gasteiger partial charge in [-0.3, -0.25) is 4.90 Å². The van der Waals surface area contributed by atoms with Crippen molar-refractivity contribution < 1.29 is 0 Å². The van der Waals surface area contributed by atoms with Crippen LogP contribution in [0.1, 0.15) is 20.8 Å². The lowest BCUT2D eigenvalue weighted by atomic mass is 10.1. The van der Waals surface area contributed by atoms with Gasteiger partial charge in [-0.15, -0.1) is 0 Å². The van der Waals surface area contributed by atoms with Gasteiger partial charge in [0, 0.05) is 12.1 Å². The molecular formula is C8H16N2. The summed E-state index contributed by atoms with van der Waals surface area (Å²) in [5.41, 5.74) is 6.00. The first-order valence-electron chi connectivity index (χ1n) is 3.71. The van der Waals surface area contributed by atoms with Gasteiger partial charge in [-0.05, 0) is 20.8 Å². The number of rotatable bonds is 0. The van der Waals surface area contributed by atoms with Gasteiger partial charge >= 0.3 is 0 Å². The SMILES string of the molecule is CC(C)(C)N1CC=CC1N. The lowest BCUT2D eigenvalue weighted by molar-refractivity contribution is 0.136. The maximum atomic E-state index is 5.80. The normalized spacial score (nSPS) is 27.8. The zero-order valence-corrected chi connectivity index (χ0v) is 6.96. The van der Waals surface area contributed by atoms with Crippen LogP contribution in [-0.2, 0) is 0 Å². The minimum atomic E-state index is 0.125. The molecule has 0 aromatic carbocycles. The summed E-state index contributed by atoms with van der Waals surface area (Å²) < 4.78 is 0. The highest BCUT2D eigenvalue weighted by atomic mass is 15.3. The van der Waals surface area contributed by atoms with Crippen molar-refractivity contribution in [3.63, 3.8) is 0 Å². The van der Waals surface area contributed by atoms with Crippen LogP contribution in [0.3, 0.4) is 0 Å². The van der Waals surface area contributed by atoms with E-state index in [0.29, 0.717) is 0 Å². The third-order valence-electron chi connectivity index (χ3n) is 1.86. The van der Waals surface area contributed by atoms with E-state index >= 15 is 0 Å². The van der Waals surface area contributed by atoms with Crippen molar-refractivity contribution in [2.24, 2.45) is 5.73 Å². The number of hydrogen-bond donors (Lipinski definition) is 1. The van der Waals surface area contributed by atoms with Crippen LogP contribution in [0.2, 0.25) is 0 Å². The molecule has 0 bridgehead atoms. The van der Waals surface area contributed by atoms with Gasteiger partial charge in [0.05, 0.1) is 6.17 Å². The van der Waals surface area contributed by atoms with Crippen molar-refractivity contribution in [1.29, 1.82) is 0 Å². The van der Waals surface area contributed by atoms with Crippen LogP contribution in [0.15, 0.2) is 12.2 Å². The van der Waals surface area contributed by atoms with E-state index in [1.807, 2.05) is 6.08 Å². The van der Waals surface area contributed by atoms with Crippen LogP contribution < -0.4 is 5.73 Å². The van der Waals surface area contributed by atoms with Crippen molar-refractivity contribution in [2.45, 2.75) is 32.5 Å². The average molecular weight is 140 g/mol. The fourth-order valence-corrected chi connectivity index (χ4v) is 1.26. The van der Waals surface area contributed by atoms with Gasteiger partial charge in [-0.2, -0.15) is 0 Å². The van der Waals surface area contributed by atoms with Gasteiger partial charge in [0.25, 0.3) is 0 Å². The smallest absolute Gasteiger partial charge is 0.0771 e. The van der Waals surface area contributed by atoms with Crippen LogP contribution in [0.4, 0.5) is 0 Å². The van der Waals surface area contributed by atoms with E-state index in [-0.39, 0.29) is 11.7 Å². The van der Waals surface area contributed by atoms with Crippen molar-refractivity contribution in [2.75, 3.05) is 6.54 Å². The fourth-order valence-electron chi connectivity index (χ4n) is 1.26. The molecule has 1 aliphatic rings. The van der Waals surface area contributed by atoms with E-state index in [1.165, 1.54) is 0 Å². The molecule has 0 radical (unpaired) electrons. The molecule has 0 spiro atoms. The van der Waals surface area contributed by atoms with Crippen LogP contribution in [0.25, 0.3) is 0 Å². The second-order valence-corrected chi connectivity index (χ2v) is 3.74. The molecule has 0 aromatic heterocycles. The Bertz CT molecular complexity index is 144. The molecular weight excluding hydrogens is 124 g/mol. The number of hydrogen-bond acceptors (Lipinski definition) is 2. The van der Waals surface area contributed by atoms with Crippen molar-refractivity contribution >= 4 is 0 Å². The molecule has 0 amide bonds. The Kier molecular flexibility index (Phi) is 1.84. The summed E-state index contributed by atoms with van der Waals surface area (Å²) in [6, 6.07) is 0. The quantitative estimate of drug-likeness (QED) is 0.507. The highest BCUT2D eigenvalue weighted by Gasteiger charge is 2.26. The van der Waals surface area contributed by atoms with Crippen LogP contribution in [0, 0.1) is 0 Å². The summed E-state index contributed by atoms with van der Waals surface area (Å²) in [6.07, 6.45) is 4.29. The standard InChI is InChI=1S/C8H16N2/c1-8(2,3)10-6-4-5-7(10)9/h4-5,7H,6,9H2,1-3H3. The van der Waals surface area contributed by atoms with Gasteiger partial charge in [0.2, 0.25) is 0 Å². The maximum absolute atomic E-state index is 5.80.